The molecule has 4 aromatic rings. The summed E-state index contributed by atoms with van der Waals surface area (Å²) in [5.74, 6) is 2.95. The molecule has 2 aliphatic rings. The van der Waals surface area contributed by atoms with E-state index in [4.69, 9.17) is 9.47 Å². The fourth-order valence-electron chi connectivity index (χ4n) is 4.86. The predicted octanol–water partition coefficient (Wildman–Crippen LogP) is 2.13. The number of aromatic nitrogens is 4. The second-order valence-corrected chi connectivity index (χ2v) is 9.70. The first kappa shape index (κ1) is 22.1. The molecule has 0 atom stereocenters. The van der Waals surface area contributed by atoms with Crippen molar-refractivity contribution in [3.8, 4) is 11.5 Å². The number of piperazine rings is 1. The summed E-state index contributed by atoms with van der Waals surface area (Å²) in [4.78, 5) is 30.0. The van der Waals surface area contributed by atoms with E-state index >= 15 is 0 Å². The third kappa shape index (κ3) is 3.94. The summed E-state index contributed by atoms with van der Waals surface area (Å²) in [6, 6.07) is 7.97. The fourth-order valence-corrected chi connectivity index (χ4v) is 5.68. The van der Waals surface area contributed by atoms with E-state index in [1.54, 1.807) is 4.57 Å². The molecule has 10 nitrogen and oxygen atoms in total. The minimum absolute atomic E-state index is 0.0429. The molecule has 1 amide bonds. The second kappa shape index (κ2) is 8.97. The van der Waals surface area contributed by atoms with E-state index in [0.717, 1.165) is 36.6 Å². The number of rotatable bonds is 6. The molecule has 182 valence electrons. The van der Waals surface area contributed by atoms with Gasteiger partial charge in [-0.05, 0) is 36.1 Å². The van der Waals surface area contributed by atoms with Crippen LogP contribution in [0.3, 0.4) is 0 Å². The van der Waals surface area contributed by atoms with E-state index in [1.165, 1.54) is 16.9 Å². The summed E-state index contributed by atoms with van der Waals surface area (Å²) < 4.78 is 15.1. The number of carbonyl (C=O) groups excluding carboxylic acids is 1. The van der Waals surface area contributed by atoms with Gasteiger partial charge < -0.3 is 14.4 Å². The van der Waals surface area contributed by atoms with Gasteiger partial charge in [-0.3, -0.25) is 23.5 Å². The third-order valence-electron chi connectivity index (χ3n) is 6.73. The van der Waals surface area contributed by atoms with Crippen molar-refractivity contribution in [1.29, 1.82) is 0 Å². The molecule has 1 aromatic carbocycles. The van der Waals surface area contributed by atoms with Crippen LogP contribution in [0, 0.1) is 0 Å². The van der Waals surface area contributed by atoms with Crippen LogP contribution in [0.5, 0.6) is 11.5 Å². The molecule has 6 rings (SSSR count). The van der Waals surface area contributed by atoms with Crippen LogP contribution in [0.25, 0.3) is 16.0 Å². The Bertz CT molecular complexity index is 1470. The van der Waals surface area contributed by atoms with Gasteiger partial charge in [0, 0.05) is 52.1 Å². The Morgan fingerprint density at radius 2 is 1.91 bits per heavy atom. The van der Waals surface area contributed by atoms with E-state index in [9.17, 15) is 9.59 Å². The maximum atomic E-state index is 13.0. The summed E-state index contributed by atoms with van der Waals surface area (Å²) in [6.45, 7) is 6.59. The van der Waals surface area contributed by atoms with Crippen LogP contribution in [-0.4, -0.2) is 67.8 Å². The molecule has 0 saturated carbocycles. The zero-order chi connectivity index (χ0) is 23.9. The lowest BCUT2D eigenvalue weighted by Crippen LogP contribution is -2.48. The van der Waals surface area contributed by atoms with Crippen LogP contribution < -0.4 is 15.0 Å². The number of fused-ring (bicyclic) bond motifs is 4. The minimum atomic E-state index is -0.0429. The molecule has 0 spiro atoms. The van der Waals surface area contributed by atoms with Gasteiger partial charge in [0.1, 0.15) is 10.5 Å². The van der Waals surface area contributed by atoms with E-state index < -0.39 is 0 Å². The van der Waals surface area contributed by atoms with Crippen molar-refractivity contribution in [2.75, 3.05) is 33.0 Å². The summed E-state index contributed by atoms with van der Waals surface area (Å²) in [6.07, 6.45) is 0.837. The maximum Gasteiger partial charge on any atom is 0.272 e. The maximum absolute atomic E-state index is 13.0. The van der Waals surface area contributed by atoms with E-state index in [0.29, 0.717) is 48.8 Å². The topological polar surface area (TPSA) is 94.2 Å². The molecule has 0 unspecified atom stereocenters. The highest BCUT2D eigenvalue weighted by molar-refractivity contribution is 7.17. The molecule has 11 heteroatoms. The van der Waals surface area contributed by atoms with Crippen LogP contribution in [0.4, 0.5) is 0 Å². The van der Waals surface area contributed by atoms with Crippen molar-refractivity contribution in [1.82, 2.24) is 29.0 Å². The molecule has 1 fully saturated rings. The molecular weight excluding hydrogens is 468 g/mol. The van der Waals surface area contributed by atoms with Gasteiger partial charge in [0.2, 0.25) is 18.5 Å². The number of hydrogen-bond donors (Lipinski definition) is 0. The van der Waals surface area contributed by atoms with Gasteiger partial charge in [-0.15, -0.1) is 21.5 Å². The number of amides is 1. The SMILES string of the molecule is CCn1c(=O)c2sccc2n2c(CCC(=O)N3CCN(Cc4ccc5c(c4)OCO5)CC3)nnc12. The molecule has 1 saturated heterocycles. The van der Waals surface area contributed by atoms with E-state index in [-0.39, 0.29) is 18.3 Å². The van der Waals surface area contributed by atoms with Crippen LogP contribution >= 0.6 is 11.3 Å². The van der Waals surface area contributed by atoms with Gasteiger partial charge in [0.25, 0.3) is 5.56 Å². The lowest BCUT2D eigenvalue weighted by Gasteiger charge is -2.34. The van der Waals surface area contributed by atoms with Crippen molar-refractivity contribution in [2.45, 2.75) is 32.9 Å². The summed E-state index contributed by atoms with van der Waals surface area (Å²) >= 11 is 1.42. The largest absolute Gasteiger partial charge is 0.454 e. The van der Waals surface area contributed by atoms with Crippen molar-refractivity contribution < 1.29 is 14.3 Å². The highest BCUT2D eigenvalue weighted by atomic mass is 32.1. The first-order chi connectivity index (χ1) is 17.1. The fraction of sp³-hybridized carbons (Fsp3) is 0.417. The Labute approximate surface area is 205 Å². The molecule has 5 heterocycles. The van der Waals surface area contributed by atoms with Crippen LogP contribution in [0.15, 0.2) is 34.4 Å². The van der Waals surface area contributed by atoms with Gasteiger partial charge in [-0.25, -0.2) is 0 Å². The number of nitrogens with zero attached hydrogens (tertiary/aromatic N) is 6. The molecule has 0 N–H and O–H groups in total. The molecule has 0 radical (unpaired) electrons. The highest BCUT2D eigenvalue weighted by Gasteiger charge is 2.23. The third-order valence-corrected chi connectivity index (χ3v) is 7.62. The Morgan fingerprint density at radius 3 is 2.74 bits per heavy atom. The van der Waals surface area contributed by atoms with Crippen molar-refractivity contribution in [2.24, 2.45) is 0 Å². The minimum Gasteiger partial charge on any atom is -0.454 e. The lowest BCUT2D eigenvalue weighted by atomic mass is 10.1. The van der Waals surface area contributed by atoms with Crippen molar-refractivity contribution >= 4 is 33.2 Å². The Kier molecular flexibility index (Phi) is 5.65. The summed E-state index contributed by atoms with van der Waals surface area (Å²) in [5.41, 5.74) is 1.95. The molecular formula is C24H26N6O4S. The van der Waals surface area contributed by atoms with Crippen molar-refractivity contribution in [3.05, 3.63) is 51.4 Å². The van der Waals surface area contributed by atoms with E-state index in [2.05, 4.69) is 21.2 Å². The average Bonchev–Trinajstić information content (AvgIpc) is 3.62. The summed E-state index contributed by atoms with van der Waals surface area (Å²) in [5, 5.41) is 10.5. The predicted molar refractivity (Wildman–Crippen MR) is 131 cm³/mol. The lowest BCUT2D eigenvalue weighted by molar-refractivity contribution is -0.133. The Morgan fingerprint density at radius 1 is 1.09 bits per heavy atom. The van der Waals surface area contributed by atoms with Gasteiger partial charge in [0.05, 0.1) is 5.52 Å². The van der Waals surface area contributed by atoms with Gasteiger partial charge in [-0.1, -0.05) is 6.07 Å². The first-order valence-electron chi connectivity index (χ1n) is 11.8. The quantitative estimate of drug-likeness (QED) is 0.405. The van der Waals surface area contributed by atoms with Crippen LogP contribution in [0.2, 0.25) is 0 Å². The van der Waals surface area contributed by atoms with Crippen LogP contribution in [0.1, 0.15) is 24.7 Å². The number of carbonyl (C=O) groups is 1. The second-order valence-electron chi connectivity index (χ2n) is 8.78. The zero-order valence-electron chi connectivity index (χ0n) is 19.5. The van der Waals surface area contributed by atoms with Gasteiger partial charge in [0.15, 0.2) is 11.5 Å². The van der Waals surface area contributed by atoms with Gasteiger partial charge in [-0.2, -0.15) is 0 Å². The smallest absolute Gasteiger partial charge is 0.272 e. The van der Waals surface area contributed by atoms with E-state index in [1.807, 2.05) is 39.8 Å². The standard InChI is InChI=1S/C24H26N6O4S/c1-2-29-23(32)22-17(7-12-35-22)30-20(25-26-24(29)30)5-6-21(31)28-10-8-27(9-11-28)14-16-3-4-18-19(13-16)34-15-33-18/h3-4,7,12-13H,2,5-6,8-11,14-15H2,1H3. The van der Waals surface area contributed by atoms with Crippen LogP contribution in [-0.2, 0) is 24.3 Å². The molecule has 3 aromatic heterocycles. The monoisotopic (exact) mass is 494 g/mol. The number of benzene rings is 1. The normalized spacial score (nSPS) is 16.0. The summed E-state index contributed by atoms with van der Waals surface area (Å²) in [7, 11) is 0. The Balaban J connectivity index is 1.09. The average molecular weight is 495 g/mol. The first-order valence-corrected chi connectivity index (χ1v) is 12.7. The molecule has 0 aliphatic carbocycles. The zero-order valence-corrected chi connectivity index (χ0v) is 20.3. The number of thiophene rings is 1. The molecule has 35 heavy (non-hydrogen) atoms. The molecule has 2 aliphatic heterocycles. The highest BCUT2D eigenvalue weighted by Crippen LogP contribution is 2.33. The molecule has 0 bridgehead atoms. The number of aryl methyl sites for hydroxylation is 2. The Hall–Kier alpha value is -3.44. The van der Waals surface area contributed by atoms with Crippen molar-refractivity contribution in [3.63, 3.8) is 0 Å². The number of ether oxygens (including phenoxy) is 2. The van der Waals surface area contributed by atoms with Gasteiger partial charge >= 0.3 is 0 Å². The number of hydrogen-bond acceptors (Lipinski definition) is 8.